The number of rotatable bonds is 19. The molecule has 1 radical (unpaired) electrons. The Morgan fingerprint density at radius 1 is 0.423 bits per heavy atom. The van der Waals surface area contributed by atoms with Gasteiger partial charge in [-0.15, -0.1) is 0 Å². The monoisotopic (exact) mass is 357 g/mol. The number of aryl methyl sites for hydroxylation is 1. The predicted octanol–water partition coefficient (Wildman–Crippen LogP) is 9.08. The van der Waals surface area contributed by atoms with Gasteiger partial charge in [0.1, 0.15) is 0 Å². The Kier molecular flexibility index (Phi) is 17.0. The summed E-state index contributed by atoms with van der Waals surface area (Å²) in [4.78, 5) is 0. The zero-order valence-corrected chi connectivity index (χ0v) is 17.5. The van der Waals surface area contributed by atoms with Crippen molar-refractivity contribution in [3.8, 4) is 0 Å². The number of hydrogen-bond acceptors (Lipinski definition) is 0. The smallest absolute Gasteiger partial charge is 0.0279 e. The summed E-state index contributed by atoms with van der Waals surface area (Å²) in [5, 5.41) is 0. The maximum atomic E-state index is 3.91. The first-order chi connectivity index (χ1) is 12.9. The summed E-state index contributed by atoms with van der Waals surface area (Å²) in [7, 11) is 0. The first kappa shape index (κ1) is 23.3. The van der Waals surface area contributed by atoms with Gasteiger partial charge < -0.3 is 0 Å². The lowest BCUT2D eigenvalue weighted by atomic mass is 10.0. The van der Waals surface area contributed by atoms with E-state index in [4.69, 9.17) is 0 Å². The minimum atomic E-state index is 1.12. The van der Waals surface area contributed by atoms with Gasteiger partial charge in [0.25, 0.3) is 0 Å². The van der Waals surface area contributed by atoms with E-state index in [2.05, 4.69) is 37.3 Å². The van der Waals surface area contributed by atoms with Crippen LogP contribution in [0.4, 0.5) is 0 Å². The quantitative estimate of drug-likeness (QED) is 0.216. The summed E-state index contributed by atoms with van der Waals surface area (Å²) in [5.41, 5.74) is 1.50. The molecule has 1 aromatic rings. The summed E-state index contributed by atoms with van der Waals surface area (Å²) in [5.74, 6) is 0. The number of unbranched alkanes of at least 4 members (excludes halogenated alkanes) is 17. The van der Waals surface area contributed by atoms with Crippen molar-refractivity contribution in [2.45, 2.75) is 122 Å². The molecule has 0 nitrogen and oxygen atoms in total. The average Bonchev–Trinajstić information content (AvgIpc) is 2.68. The van der Waals surface area contributed by atoms with Gasteiger partial charge in [0, 0.05) is 0 Å². The van der Waals surface area contributed by atoms with E-state index in [0.717, 1.165) is 6.42 Å². The summed E-state index contributed by atoms with van der Waals surface area (Å²) >= 11 is 0. The zero-order valence-electron chi connectivity index (χ0n) is 17.5. The molecule has 0 atom stereocenters. The fraction of sp³-hybridized carbons (Fsp3) is 0.731. The highest BCUT2D eigenvalue weighted by Gasteiger charge is 1.96. The van der Waals surface area contributed by atoms with Crippen molar-refractivity contribution in [3.05, 3.63) is 42.8 Å². The maximum Gasteiger partial charge on any atom is -0.0279 e. The third-order valence-electron chi connectivity index (χ3n) is 5.56. The van der Waals surface area contributed by atoms with Gasteiger partial charge >= 0.3 is 0 Å². The van der Waals surface area contributed by atoms with Crippen LogP contribution in [0.3, 0.4) is 0 Å². The molecule has 0 saturated carbocycles. The zero-order chi connectivity index (χ0) is 18.5. The Bertz CT molecular complexity index is 367. The topological polar surface area (TPSA) is 0 Å². The molecule has 149 valence electrons. The van der Waals surface area contributed by atoms with Crippen molar-refractivity contribution in [1.29, 1.82) is 0 Å². The van der Waals surface area contributed by atoms with E-state index in [-0.39, 0.29) is 0 Å². The molecule has 0 heteroatoms. The maximum absolute atomic E-state index is 3.91. The molecule has 0 aromatic heterocycles. The second-order valence-electron chi connectivity index (χ2n) is 8.10. The normalized spacial score (nSPS) is 11.1. The average molecular weight is 358 g/mol. The lowest BCUT2D eigenvalue weighted by Crippen LogP contribution is -1.86. The summed E-state index contributed by atoms with van der Waals surface area (Å²) in [6.07, 6.45) is 26.8. The Hall–Kier alpha value is -0.780. The second kappa shape index (κ2) is 19.0. The molecule has 0 aliphatic rings. The SMILES string of the molecule is [CH2]CCCCCCCCCCCCCCCCCCCc1ccccc1. The molecule has 0 heterocycles. The largest absolute Gasteiger partial charge is 0.0622 e. The van der Waals surface area contributed by atoms with Crippen molar-refractivity contribution in [3.63, 3.8) is 0 Å². The summed E-state index contributed by atoms with van der Waals surface area (Å²) in [6.45, 7) is 3.91. The molecule has 0 aliphatic carbocycles. The van der Waals surface area contributed by atoms with E-state index >= 15 is 0 Å². The van der Waals surface area contributed by atoms with Crippen LogP contribution in [0, 0.1) is 6.92 Å². The lowest BCUT2D eigenvalue weighted by molar-refractivity contribution is 0.526. The van der Waals surface area contributed by atoms with Crippen LogP contribution in [-0.2, 0) is 6.42 Å². The minimum Gasteiger partial charge on any atom is -0.0622 e. The van der Waals surface area contributed by atoms with E-state index in [1.165, 1.54) is 121 Å². The Labute approximate surface area is 165 Å². The van der Waals surface area contributed by atoms with Crippen LogP contribution in [0.1, 0.15) is 121 Å². The molecule has 1 aromatic carbocycles. The van der Waals surface area contributed by atoms with Gasteiger partial charge in [0.15, 0.2) is 0 Å². The molecule has 0 amide bonds. The van der Waals surface area contributed by atoms with Gasteiger partial charge in [-0.05, 0) is 18.4 Å². The van der Waals surface area contributed by atoms with Gasteiger partial charge in [-0.3, -0.25) is 0 Å². The van der Waals surface area contributed by atoms with Gasteiger partial charge in [-0.1, -0.05) is 146 Å². The van der Waals surface area contributed by atoms with Crippen molar-refractivity contribution in [2.24, 2.45) is 0 Å². The highest BCUT2D eigenvalue weighted by Crippen LogP contribution is 2.14. The fourth-order valence-electron chi connectivity index (χ4n) is 3.80. The fourth-order valence-corrected chi connectivity index (χ4v) is 3.80. The molecule has 0 saturated heterocycles. The second-order valence-corrected chi connectivity index (χ2v) is 8.10. The highest BCUT2D eigenvalue weighted by atomic mass is 14.0. The van der Waals surface area contributed by atoms with E-state index in [0.29, 0.717) is 0 Å². The molecule has 0 spiro atoms. The first-order valence-electron chi connectivity index (χ1n) is 11.8. The Balaban J connectivity index is 1.68. The van der Waals surface area contributed by atoms with Crippen LogP contribution in [0.2, 0.25) is 0 Å². The highest BCUT2D eigenvalue weighted by molar-refractivity contribution is 5.14. The third kappa shape index (κ3) is 15.5. The standard InChI is InChI=1S/C26H45/c1-2-3-4-5-6-7-8-9-10-11-12-13-14-15-16-17-18-20-23-26-24-21-19-22-25-26/h19,21-22,24-25H,1-18,20,23H2. The van der Waals surface area contributed by atoms with Crippen molar-refractivity contribution < 1.29 is 0 Å². The van der Waals surface area contributed by atoms with Gasteiger partial charge in [-0.2, -0.15) is 0 Å². The Morgan fingerprint density at radius 2 is 0.769 bits per heavy atom. The summed E-state index contributed by atoms with van der Waals surface area (Å²) in [6, 6.07) is 10.9. The van der Waals surface area contributed by atoms with Crippen LogP contribution < -0.4 is 0 Å². The van der Waals surface area contributed by atoms with Crippen molar-refractivity contribution in [2.75, 3.05) is 0 Å². The van der Waals surface area contributed by atoms with Gasteiger partial charge in [0.2, 0.25) is 0 Å². The van der Waals surface area contributed by atoms with Crippen LogP contribution in [0.25, 0.3) is 0 Å². The third-order valence-corrected chi connectivity index (χ3v) is 5.56. The van der Waals surface area contributed by atoms with Crippen LogP contribution in [0.15, 0.2) is 30.3 Å². The predicted molar refractivity (Wildman–Crippen MR) is 119 cm³/mol. The van der Waals surface area contributed by atoms with Gasteiger partial charge in [-0.25, -0.2) is 0 Å². The van der Waals surface area contributed by atoms with E-state index < -0.39 is 0 Å². The molecular formula is C26H45. The molecule has 26 heavy (non-hydrogen) atoms. The van der Waals surface area contributed by atoms with Crippen LogP contribution >= 0.6 is 0 Å². The number of hydrogen-bond donors (Lipinski definition) is 0. The molecule has 0 bridgehead atoms. The van der Waals surface area contributed by atoms with Crippen LogP contribution in [-0.4, -0.2) is 0 Å². The molecule has 0 fully saturated rings. The van der Waals surface area contributed by atoms with Crippen molar-refractivity contribution >= 4 is 0 Å². The van der Waals surface area contributed by atoms with E-state index in [9.17, 15) is 0 Å². The number of benzene rings is 1. The molecular weight excluding hydrogens is 312 g/mol. The van der Waals surface area contributed by atoms with Crippen LogP contribution in [0.5, 0.6) is 0 Å². The minimum absolute atomic E-state index is 1.12. The summed E-state index contributed by atoms with van der Waals surface area (Å²) < 4.78 is 0. The molecule has 0 N–H and O–H groups in total. The first-order valence-corrected chi connectivity index (χ1v) is 11.8. The molecule has 0 aliphatic heterocycles. The van der Waals surface area contributed by atoms with E-state index in [1.54, 1.807) is 0 Å². The molecule has 0 unspecified atom stereocenters. The van der Waals surface area contributed by atoms with Crippen molar-refractivity contribution in [1.82, 2.24) is 0 Å². The lowest BCUT2D eigenvalue weighted by Gasteiger charge is -2.04. The van der Waals surface area contributed by atoms with E-state index in [1.807, 2.05) is 0 Å². The van der Waals surface area contributed by atoms with Gasteiger partial charge in [0.05, 0.1) is 0 Å². The Morgan fingerprint density at radius 3 is 1.15 bits per heavy atom. The molecule has 1 rings (SSSR count).